The van der Waals surface area contributed by atoms with E-state index in [1.807, 2.05) is 0 Å². The van der Waals surface area contributed by atoms with Crippen molar-refractivity contribution in [2.75, 3.05) is 6.61 Å². The average molecular weight is 250 g/mol. The lowest BCUT2D eigenvalue weighted by Gasteiger charge is -2.12. The van der Waals surface area contributed by atoms with Gasteiger partial charge in [0.15, 0.2) is 0 Å². The second-order valence-corrected chi connectivity index (χ2v) is 3.34. The van der Waals surface area contributed by atoms with Crippen LogP contribution in [0.5, 0.6) is 5.75 Å². The molecule has 0 aromatic carbocycles. The van der Waals surface area contributed by atoms with Crippen LogP contribution in [0, 0.1) is 0 Å². The maximum atomic E-state index is 12.5. The molecular weight excluding hydrogens is 237 g/mol. The summed E-state index contributed by atoms with van der Waals surface area (Å²) in [7, 11) is 0. The van der Waals surface area contributed by atoms with Gasteiger partial charge in [-0.25, -0.2) is 8.78 Å². The van der Waals surface area contributed by atoms with Crippen molar-refractivity contribution in [3.05, 3.63) is 24.0 Å². The van der Waals surface area contributed by atoms with Crippen LogP contribution in [0.1, 0.15) is 18.2 Å². The van der Waals surface area contributed by atoms with E-state index < -0.39 is 18.8 Å². The molecule has 96 valence electrons. The third-order valence-corrected chi connectivity index (χ3v) is 2.03. The SMILES string of the molecule is N[C@H](CCO)c1ccc(OC(F)C(F)F)cn1. The molecule has 1 rings (SSSR count). The highest BCUT2D eigenvalue weighted by Gasteiger charge is 2.20. The summed E-state index contributed by atoms with van der Waals surface area (Å²) >= 11 is 0. The van der Waals surface area contributed by atoms with E-state index in [1.54, 1.807) is 0 Å². The van der Waals surface area contributed by atoms with Gasteiger partial charge in [-0.1, -0.05) is 0 Å². The van der Waals surface area contributed by atoms with Gasteiger partial charge in [-0.15, -0.1) is 0 Å². The Morgan fingerprint density at radius 3 is 2.53 bits per heavy atom. The van der Waals surface area contributed by atoms with Gasteiger partial charge in [-0.2, -0.15) is 4.39 Å². The van der Waals surface area contributed by atoms with Crippen LogP contribution in [0.25, 0.3) is 0 Å². The molecule has 7 heteroatoms. The molecule has 0 spiro atoms. The second kappa shape index (κ2) is 6.41. The lowest BCUT2D eigenvalue weighted by Crippen LogP contribution is -2.20. The predicted molar refractivity (Wildman–Crippen MR) is 54.4 cm³/mol. The summed E-state index contributed by atoms with van der Waals surface area (Å²) in [5, 5.41) is 8.67. The van der Waals surface area contributed by atoms with E-state index in [4.69, 9.17) is 10.8 Å². The highest BCUT2D eigenvalue weighted by molar-refractivity contribution is 5.21. The van der Waals surface area contributed by atoms with Crippen molar-refractivity contribution in [2.45, 2.75) is 25.2 Å². The van der Waals surface area contributed by atoms with Crippen LogP contribution in [-0.2, 0) is 0 Å². The minimum atomic E-state index is -3.20. The molecule has 0 amide bonds. The van der Waals surface area contributed by atoms with E-state index in [0.29, 0.717) is 12.1 Å². The fraction of sp³-hybridized carbons (Fsp3) is 0.500. The Morgan fingerprint density at radius 2 is 2.06 bits per heavy atom. The van der Waals surface area contributed by atoms with Gasteiger partial charge in [0, 0.05) is 12.6 Å². The maximum Gasteiger partial charge on any atom is 0.304 e. The summed E-state index contributed by atoms with van der Waals surface area (Å²) in [6.45, 7) is -0.0843. The van der Waals surface area contributed by atoms with Crippen molar-refractivity contribution >= 4 is 0 Å². The van der Waals surface area contributed by atoms with E-state index in [1.165, 1.54) is 12.1 Å². The standard InChI is InChI=1S/C10H13F3N2O2/c11-9(12)10(13)17-6-1-2-8(15-5-6)7(14)3-4-16/h1-2,5,7,9-10,16H,3-4,14H2/t7-,10?/m1/s1. The third kappa shape index (κ3) is 4.20. The molecule has 0 aliphatic carbocycles. The molecule has 0 radical (unpaired) electrons. The first-order valence-corrected chi connectivity index (χ1v) is 4.96. The minimum Gasteiger partial charge on any atom is -0.453 e. The molecule has 0 saturated carbocycles. The predicted octanol–water partition coefficient (Wildman–Crippen LogP) is 1.40. The summed E-state index contributed by atoms with van der Waals surface area (Å²) in [6.07, 6.45) is -4.43. The number of aromatic nitrogens is 1. The second-order valence-electron chi connectivity index (χ2n) is 3.34. The Hall–Kier alpha value is -1.34. The monoisotopic (exact) mass is 250 g/mol. The first-order chi connectivity index (χ1) is 8.04. The number of hydrogen-bond donors (Lipinski definition) is 2. The van der Waals surface area contributed by atoms with Crippen molar-refractivity contribution < 1.29 is 23.0 Å². The molecule has 1 unspecified atom stereocenters. The average Bonchev–Trinajstić information content (AvgIpc) is 2.30. The number of nitrogens with two attached hydrogens (primary N) is 1. The van der Waals surface area contributed by atoms with Crippen LogP contribution in [0.3, 0.4) is 0 Å². The maximum absolute atomic E-state index is 12.5. The Morgan fingerprint density at radius 1 is 1.35 bits per heavy atom. The van der Waals surface area contributed by atoms with Crippen molar-refractivity contribution in [3.63, 3.8) is 0 Å². The number of rotatable bonds is 6. The van der Waals surface area contributed by atoms with E-state index >= 15 is 0 Å². The molecule has 1 heterocycles. The van der Waals surface area contributed by atoms with Crippen LogP contribution < -0.4 is 10.5 Å². The van der Waals surface area contributed by atoms with Crippen molar-refractivity contribution in [1.82, 2.24) is 4.98 Å². The van der Waals surface area contributed by atoms with Gasteiger partial charge in [0.1, 0.15) is 5.75 Å². The van der Waals surface area contributed by atoms with E-state index in [-0.39, 0.29) is 12.4 Å². The minimum absolute atomic E-state index is 0.0843. The van der Waals surface area contributed by atoms with Crippen LogP contribution in [0.4, 0.5) is 13.2 Å². The van der Waals surface area contributed by atoms with Crippen LogP contribution >= 0.6 is 0 Å². The number of aliphatic hydroxyl groups excluding tert-OH is 1. The molecule has 0 bridgehead atoms. The molecule has 1 aromatic rings. The van der Waals surface area contributed by atoms with Crippen molar-refractivity contribution in [3.8, 4) is 5.75 Å². The molecular formula is C10H13F3N2O2. The van der Waals surface area contributed by atoms with E-state index in [9.17, 15) is 13.2 Å². The van der Waals surface area contributed by atoms with Gasteiger partial charge in [-0.3, -0.25) is 4.98 Å². The Bertz CT molecular complexity index is 335. The van der Waals surface area contributed by atoms with Gasteiger partial charge < -0.3 is 15.6 Å². The summed E-state index contributed by atoms with van der Waals surface area (Å²) in [6, 6.07) is 2.29. The number of halogens is 3. The number of alkyl halides is 3. The zero-order chi connectivity index (χ0) is 12.8. The van der Waals surface area contributed by atoms with Gasteiger partial charge in [-0.05, 0) is 18.6 Å². The smallest absolute Gasteiger partial charge is 0.304 e. The molecule has 0 fully saturated rings. The lowest BCUT2D eigenvalue weighted by molar-refractivity contribution is -0.0670. The van der Waals surface area contributed by atoms with Crippen molar-refractivity contribution in [1.29, 1.82) is 0 Å². The van der Waals surface area contributed by atoms with E-state index in [2.05, 4.69) is 9.72 Å². The highest BCUT2D eigenvalue weighted by atomic mass is 19.3. The molecule has 4 nitrogen and oxygen atoms in total. The normalized spacial score (nSPS) is 14.7. The van der Waals surface area contributed by atoms with Crippen molar-refractivity contribution in [2.24, 2.45) is 5.73 Å². The Balaban J connectivity index is 2.61. The van der Waals surface area contributed by atoms with Crippen LogP contribution in [0.2, 0.25) is 0 Å². The number of nitrogens with zero attached hydrogens (tertiary/aromatic N) is 1. The molecule has 0 aliphatic rings. The summed E-state index contributed by atoms with van der Waals surface area (Å²) in [5.41, 5.74) is 6.12. The number of pyridine rings is 1. The van der Waals surface area contributed by atoms with Gasteiger partial charge in [0.25, 0.3) is 6.36 Å². The summed E-state index contributed by atoms with van der Waals surface area (Å²) < 4.78 is 40.5. The van der Waals surface area contributed by atoms with Crippen LogP contribution in [-0.4, -0.2) is 29.5 Å². The molecule has 2 atom stereocenters. The van der Waals surface area contributed by atoms with Gasteiger partial charge >= 0.3 is 6.43 Å². The summed E-state index contributed by atoms with van der Waals surface area (Å²) in [5.74, 6) is -0.0993. The fourth-order valence-electron chi connectivity index (χ4n) is 1.15. The van der Waals surface area contributed by atoms with Crippen LogP contribution in [0.15, 0.2) is 18.3 Å². The lowest BCUT2D eigenvalue weighted by atomic mass is 10.1. The molecule has 1 aromatic heterocycles. The molecule has 0 aliphatic heterocycles. The zero-order valence-electron chi connectivity index (χ0n) is 8.89. The topological polar surface area (TPSA) is 68.4 Å². The number of ether oxygens (including phenoxy) is 1. The fourth-order valence-corrected chi connectivity index (χ4v) is 1.15. The third-order valence-electron chi connectivity index (χ3n) is 2.03. The quantitative estimate of drug-likeness (QED) is 0.800. The molecule has 0 saturated heterocycles. The number of aliphatic hydroxyl groups is 1. The zero-order valence-corrected chi connectivity index (χ0v) is 8.89. The number of hydrogen-bond acceptors (Lipinski definition) is 4. The largest absolute Gasteiger partial charge is 0.453 e. The molecule has 17 heavy (non-hydrogen) atoms. The summed E-state index contributed by atoms with van der Waals surface area (Å²) in [4.78, 5) is 3.84. The Kier molecular flexibility index (Phi) is 5.17. The van der Waals surface area contributed by atoms with Gasteiger partial charge in [0.2, 0.25) is 0 Å². The Labute approximate surface area is 96.2 Å². The first kappa shape index (κ1) is 13.7. The molecule has 3 N–H and O–H groups in total. The van der Waals surface area contributed by atoms with E-state index in [0.717, 1.165) is 6.20 Å². The van der Waals surface area contributed by atoms with Gasteiger partial charge in [0.05, 0.1) is 11.9 Å². The highest BCUT2D eigenvalue weighted by Crippen LogP contribution is 2.18. The first-order valence-electron chi connectivity index (χ1n) is 4.96.